The van der Waals surface area contributed by atoms with E-state index in [1.54, 1.807) is 5.19 Å². The molecule has 0 aromatic heterocycles. The molecule has 0 nitrogen and oxygen atoms in total. The van der Waals surface area contributed by atoms with Crippen LogP contribution in [0.5, 0.6) is 0 Å². The largest absolute Gasteiger partial charge is 0.157 e. The molecule has 0 atom stereocenters. The molecule has 2 rings (SSSR count). The zero-order valence-corrected chi connectivity index (χ0v) is 12.4. The van der Waals surface area contributed by atoms with E-state index in [1.807, 2.05) is 0 Å². The normalized spacial score (nSPS) is 11.4. The zero-order chi connectivity index (χ0) is 9.47. The van der Waals surface area contributed by atoms with Crippen molar-refractivity contribution in [1.82, 2.24) is 0 Å². The van der Waals surface area contributed by atoms with Crippen LogP contribution in [0.4, 0.5) is 0 Å². The topological polar surface area (TPSA) is 0 Å². The van der Waals surface area contributed by atoms with Gasteiger partial charge in [0.2, 0.25) is 0 Å². The summed E-state index contributed by atoms with van der Waals surface area (Å²) in [6, 6.07) is 13.2. The minimum absolute atomic E-state index is 0. The summed E-state index contributed by atoms with van der Waals surface area (Å²) in [5.41, 5.74) is 0. The molecule has 14 heavy (non-hydrogen) atoms. The van der Waals surface area contributed by atoms with Crippen LogP contribution in [0, 0.1) is 0 Å². The van der Waals surface area contributed by atoms with Crippen LogP contribution in [-0.2, 0) is 26.2 Å². The fourth-order valence-electron chi connectivity index (χ4n) is 1.80. The van der Waals surface area contributed by atoms with Gasteiger partial charge in [0.25, 0.3) is 0 Å². The molecular weight excluding hydrogens is 263 g/mol. The second-order valence-corrected chi connectivity index (χ2v) is 9.62. The first-order chi connectivity index (χ1) is 6.09. The molecule has 2 aromatic carbocycles. The van der Waals surface area contributed by atoms with Crippen molar-refractivity contribution in [3.63, 3.8) is 0 Å². The van der Waals surface area contributed by atoms with Gasteiger partial charge in [-0.05, 0) is 0 Å². The van der Waals surface area contributed by atoms with Crippen LogP contribution in [0.25, 0.3) is 10.8 Å². The molecule has 0 saturated heterocycles. The molecule has 0 fully saturated rings. The van der Waals surface area contributed by atoms with Gasteiger partial charge in [-0.15, -0.1) is 29.7 Å². The Kier molecular flexibility index (Phi) is 3.60. The van der Waals surface area contributed by atoms with Crippen molar-refractivity contribution in [2.24, 2.45) is 0 Å². The summed E-state index contributed by atoms with van der Waals surface area (Å²) >= 11 is 0. The molecule has 0 spiro atoms. The first-order valence-electron chi connectivity index (χ1n) is 4.74. The van der Waals surface area contributed by atoms with Crippen LogP contribution in [0.15, 0.2) is 36.4 Å². The first kappa shape index (κ1) is 12.0. The summed E-state index contributed by atoms with van der Waals surface area (Å²) in [7, 11) is -1.15. The number of rotatable bonds is 1. The molecule has 0 heterocycles. The number of fused-ring (bicyclic) bond motifs is 1. The SMILES string of the molecule is C[Si](C)(C)c1c[cH-]c2ccccc12.[Zr]. The van der Waals surface area contributed by atoms with Gasteiger partial charge >= 0.3 is 0 Å². The Bertz CT molecular complexity index is 423. The first-order valence-corrected chi connectivity index (χ1v) is 8.24. The van der Waals surface area contributed by atoms with E-state index < -0.39 is 8.07 Å². The third-order valence-corrected chi connectivity index (χ3v) is 4.54. The molecule has 0 aliphatic heterocycles. The maximum Gasteiger partial charge on any atom is 0.0209 e. The molecule has 0 aliphatic carbocycles. The van der Waals surface area contributed by atoms with E-state index in [0.29, 0.717) is 0 Å². The summed E-state index contributed by atoms with van der Waals surface area (Å²) in [5, 5.41) is 4.43. The smallest absolute Gasteiger partial charge is 0.0209 e. The third kappa shape index (κ3) is 2.12. The molecule has 0 N–H and O–H groups in total. The van der Waals surface area contributed by atoms with Gasteiger partial charge in [-0.25, -0.2) is 0 Å². The van der Waals surface area contributed by atoms with E-state index in [-0.39, 0.29) is 26.2 Å². The van der Waals surface area contributed by atoms with Crippen LogP contribution < -0.4 is 5.19 Å². The van der Waals surface area contributed by atoms with Gasteiger partial charge in [0, 0.05) is 34.3 Å². The predicted octanol–water partition coefficient (Wildman–Crippen LogP) is 3.10. The number of benzene rings is 1. The molecule has 0 bridgehead atoms. The van der Waals surface area contributed by atoms with Crippen molar-refractivity contribution in [3.8, 4) is 0 Å². The Morgan fingerprint density at radius 2 is 1.71 bits per heavy atom. The Morgan fingerprint density at radius 3 is 2.36 bits per heavy atom. The van der Waals surface area contributed by atoms with Crippen molar-refractivity contribution in [1.29, 1.82) is 0 Å². The van der Waals surface area contributed by atoms with Crippen molar-refractivity contribution in [2.75, 3.05) is 0 Å². The van der Waals surface area contributed by atoms with Gasteiger partial charge in [-0.2, -0.15) is 16.6 Å². The Labute approximate surface area is 106 Å². The van der Waals surface area contributed by atoms with Gasteiger partial charge in [0.15, 0.2) is 0 Å². The minimum atomic E-state index is -1.15. The fourth-order valence-corrected chi connectivity index (χ4v) is 3.42. The molecule has 0 unspecified atom stereocenters. The van der Waals surface area contributed by atoms with E-state index in [1.165, 1.54) is 10.8 Å². The average molecular weight is 279 g/mol. The standard InChI is InChI=1S/C12H15Si.Zr/c1-13(2,3)12-9-8-10-6-4-5-7-11(10)12;/h4-9H,1-3H3;/q-1;. The number of hydrogen-bond acceptors (Lipinski definition) is 0. The molecule has 0 amide bonds. The zero-order valence-electron chi connectivity index (χ0n) is 8.96. The summed E-state index contributed by atoms with van der Waals surface area (Å²) in [5.74, 6) is 0. The van der Waals surface area contributed by atoms with Crippen LogP contribution in [-0.4, -0.2) is 8.07 Å². The molecule has 0 saturated carbocycles. The van der Waals surface area contributed by atoms with Crippen molar-refractivity contribution >= 4 is 24.0 Å². The van der Waals surface area contributed by atoms with Gasteiger partial charge < -0.3 is 0 Å². The average Bonchev–Trinajstić information content (AvgIpc) is 2.45. The summed E-state index contributed by atoms with van der Waals surface area (Å²) in [6.07, 6.45) is 0. The Balaban J connectivity index is 0.000000980. The van der Waals surface area contributed by atoms with E-state index in [0.717, 1.165) is 0 Å². The van der Waals surface area contributed by atoms with E-state index >= 15 is 0 Å². The Hall–Kier alpha value is -0.0700. The van der Waals surface area contributed by atoms with Crippen LogP contribution in [0.2, 0.25) is 19.6 Å². The van der Waals surface area contributed by atoms with E-state index in [2.05, 4.69) is 56.0 Å². The second-order valence-electron chi connectivity index (χ2n) is 4.58. The van der Waals surface area contributed by atoms with Crippen molar-refractivity contribution in [2.45, 2.75) is 19.6 Å². The van der Waals surface area contributed by atoms with E-state index in [4.69, 9.17) is 0 Å². The summed E-state index contributed by atoms with van der Waals surface area (Å²) in [6.45, 7) is 7.19. The number of hydrogen-bond donors (Lipinski definition) is 0. The van der Waals surface area contributed by atoms with Crippen LogP contribution >= 0.6 is 0 Å². The maximum absolute atomic E-state index is 2.40. The Morgan fingerprint density at radius 1 is 1.07 bits per heavy atom. The molecule has 2 heteroatoms. The quantitative estimate of drug-likeness (QED) is 0.555. The molecular formula is C12H15SiZr-. The minimum Gasteiger partial charge on any atom is -0.157 e. The maximum atomic E-state index is 2.40. The second kappa shape index (κ2) is 4.20. The molecule has 0 radical (unpaired) electrons. The third-order valence-electron chi connectivity index (χ3n) is 2.49. The molecule has 0 aliphatic rings. The molecule has 72 valence electrons. The van der Waals surface area contributed by atoms with E-state index in [9.17, 15) is 0 Å². The molecule has 2 aromatic rings. The van der Waals surface area contributed by atoms with Gasteiger partial charge in [-0.1, -0.05) is 25.7 Å². The van der Waals surface area contributed by atoms with Crippen molar-refractivity contribution < 1.29 is 26.2 Å². The predicted molar refractivity (Wildman–Crippen MR) is 62.5 cm³/mol. The van der Waals surface area contributed by atoms with Gasteiger partial charge in [0.05, 0.1) is 0 Å². The van der Waals surface area contributed by atoms with Gasteiger partial charge in [-0.3, -0.25) is 0 Å². The van der Waals surface area contributed by atoms with Crippen LogP contribution in [0.1, 0.15) is 0 Å². The van der Waals surface area contributed by atoms with Crippen LogP contribution in [0.3, 0.4) is 0 Å². The van der Waals surface area contributed by atoms with Gasteiger partial charge in [0.1, 0.15) is 0 Å². The summed E-state index contributed by atoms with van der Waals surface area (Å²) in [4.78, 5) is 0. The fraction of sp³-hybridized carbons (Fsp3) is 0.250. The summed E-state index contributed by atoms with van der Waals surface area (Å²) < 4.78 is 0. The van der Waals surface area contributed by atoms with Crippen molar-refractivity contribution in [3.05, 3.63) is 36.4 Å². The monoisotopic (exact) mass is 277 g/mol.